The lowest BCUT2D eigenvalue weighted by Crippen LogP contribution is -2.25. The summed E-state index contributed by atoms with van der Waals surface area (Å²) < 4.78 is 40.1. The fourth-order valence-corrected chi connectivity index (χ4v) is 3.15. The molecule has 0 saturated carbocycles. The van der Waals surface area contributed by atoms with Crippen LogP contribution in [0.1, 0.15) is 34.7 Å². The van der Waals surface area contributed by atoms with E-state index < -0.39 is 6.36 Å². The Labute approximate surface area is 147 Å². The normalized spacial score (nSPS) is 12.6. The van der Waals surface area contributed by atoms with Crippen LogP contribution in [0.15, 0.2) is 41.1 Å². The molecule has 1 heterocycles. The van der Waals surface area contributed by atoms with Gasteiger partial charge in [0.2, 0.25) is 0 Å². The summed E-state index contributed by atoms with van der Waals surface area (Å²) in [5, 5.41) is 15.9. The number of thiophene rings is 1. The van der Waals surface area contributed by atoms with Gasteiger partial charge in [0, 0.05) is 18.7 Å². The number of aliphatic hydroxyl groups excluding tert-OH is 1. The number of aliphatic hydroxyl groups is 1. The highest BCUT2D eigenvalue weighted by molar-refractivity contribution is 7.07. The summed E-state index contributed by atoms with van der Waals surface area (Å²) in [6.07, 6.45) is -3.48. The number of hydrogen-bond acceptors (Lipinski definition) is 4. The SMILES string of the molecule is O=C(NCC[C@H](CCO)c1ccsc1)c1ccc(OC(F)(F)F)cc1. The fraction of sp³-hybridized carbons (Fsp3) is 0.353. The van der Waals surface area contributed by atoms with Gasteiger partial charge in [0.15, 0.2) is 0 Å². The molecule has 136 valence electrons. The first-order valence-corrected chi connectivity index (χ1v) is 8.60. The summed E-state index contributed by atoms with van der Waals surface area (Å²) in [6.45, 7) is 0.468. The predicted octanol–water partition coefficient (Wildman–Crippen LogP) is 3.93. The summed E-state index contributed by atoms with van der Waals surface area (Å²) in [6, 6.07) is 6.75. The smallest absolute Gasteiger partial charge is 0.406 e. The van der Waals surface area contributed by atoms with Crippen LogP contribution in [-0.2, 0) is 0 Å². The lowest BCUT2D eigenvalue weighted by atomic mass is 9.95. The second kappa shape index (κ2) is 8.87. The number of nitrogens with one attached hydrogen (secondary N) is 1. The van der Waals surface area contributed by atoms with Gasteiger partial charge in [-0.1, -0.05) is 0 Å². The van der Waals surface area contributed by atoms with E-state index in [9.17, 15) is 18.0 Å². The number of hydrogen-bond donors (Lipinski definition) is 2. The number of alkyl halides is 3. The second-order valence-corrected chi connectivity index (χ2v) is 6.16. The maximum absolute atomic E-state index is 12.1. The number of amides is 1. The van der Waals surface area contributed by atoms with E-state index in [0.29, 0.717) is 19.4 Å². The lowest BCUT2D eigenvalue weighted by Gasteiger charge is -2.15. The van der Waals surface area contributed by atoms with E-state index in [2.05, 4.69) is 10.1 Å². The van der Waals surface area contributed by atoms with Crippen LogP contribution in [0, 0.1) is 0 Å². The van der Waals surface area contributed by atoms with E-state index in [0.717, 1.165) is 17.7 Å². The number of benzene rings is 1. The van der Waals surface area contributed by atoms with Crippen molar-refractivity contribution in [3.05, 3.63) is 52.2 Å². The minimum atomic E-state index is -4.76. The number of carbonyl (C=O) groups excluding carboxylic acids is 1. The molecule has 4 nitrogen and oxygen atoms in total. The third kappa shape index (κ3) is 6.39. The molecule has 0 fully saturated rings. The van der Waals surface area contributed by atoms with Gasteiger partial charge in [-0.25, -0.2) is 0 Å². The summed E-state index contributed by atoms with van der Waals surface area (Å²) in [5.74, 6) is -0.588. The van der Waals surface area contributed by atoms with Gasteiger partial charge in [0.1, 0.15) is 5.75 Å². The van der Waals surface area contributed by atoms with E-state index in [4.69, 9.17) is 5.11 Å². The number of carbonyl (C=O) groups is 1. The monoisotopic (exact) mass is 373 g/mol. The van der Waals surface area contributed by atoms with Crippen LogP contribution < -0.4 is 10.1 Å². The summed E-state index contributed by atoms with van der Waals surface area (Å²) in [5.41, 5.74) is 1.38. The van der Waals surface area contributed by atoms with Crippen molar-refractivity contribution in [3.8, 4) is 5.75 Å². The van der Waals surface area contributed by atoms with E-state index >= 15 is 0 Å². The van der Waals surface area contributed by atoms with Crippen molar-refractivity contribution in [3.63, 3.8) is 0 Å². The van der Waals surface area contributed by atoms with Crippen molar-refractivity contribution in [2.24, 2.45) is 0 Å². The maximum atomic E-state index is 12.1. The van der Waals surface area contributed by atoms with Crippen molar-refractivity contribution in [1.29, 1.82) is 0 Å². The first kappa shape index (κ1) is 19.3. The Bertz CT molecular complexity index is 657. The molecule has 1 amide bonds. The zero-order chi connectivity index (χ0) is 18.3. The molecule has 2 aromatic rings. The van der Waals surface area contributed by atoms with Gasteiger partial charge in [0.25, 0.3) is 5.91 Å². The first-order valence-electron chi connectivity index (χ1n) is 7.66. The predicted molar refractivity (Wildman–Crippen MR) is 88.8 cm³/mol. The Hall–Kier alpha value is -2.06. The van der Waals surface area contributed by atoms with Crippen LogP contribution in [-0.4, -0.2) is 30.5 Å². The van der Waals surface area contributed by atoms with Crippen molar-refractivity contribution >= 4 is 17.2 Å². The van der Waals surface area contributed by atoms with Crippen LogP contribution in [0.25, 0.3) is 0 Å². The third-order valence-electron chi connectivity index (χ3n) is 3.62. The molecular weight excluding hydrogens is 355 g/mol. The van der Waals surface area contributed by atoms with Gasteiger partial charge < -0.3 is 15.2 Å². The van der Waals surface area contributed by atoms with Gasteiger partial charge in [-0.3, -0.25) is 4.79 Å². The van der Waals surface area contributed by atoms with Crippen molar-refractivity contribution < 1.29 is 27.8 Å². The van der Waals surface area contributed by atoms with Gasteiger partial charge in [-0.2, -0.15) is 11.3 Å². The lowest BCUT2D eigenvalue weighted by molar-refractivity contribution is -0.274. The molecule has 2 N–H and O–H groups in total. The summed E-state index contributed by atoms with van der Waals surface area (Å²) >= 11 is 1.57. The van der Waals surface area contributed by atoms with E-state index in [-0.39, 0.29) is 29.7 Å². The van der Waals surface area contributed by atoms with Crippen molar-refractivity contribution in [2.45, 2.75) is 25.1 Å². The molecule has 25 heavy (non-hydrogen) atoms. The second-order valence-electron chi connectivity index (χ2n) is 5.38. The molecule has 1 aromatic carbocycles. The zero-order valence-electron chi connectivity index (χ0n) is 13.3. The molecule has 0 saturated heterocycles. The molecule has 0 bridgehead atoms. The number of rotatable bonds is 8. The van der Waals surface area contributed by atoms with Gasteiger partial charge >= 0.3 is 6.36 Å². The molecule has 0 aliphatic heterocycles. The molecule has 1 aromatic heterocycles. The van der Waals surface area contributed by atoms with Crippen LogP contribution in [0.5, 0.6) is 5.75 Å². The Morgan fingerprint density at radius 2 is 1.92 bits per heavy atom. The van der Waals surface area contributed by atoms with E-state index in [1.807, 2.05) is 16.8 Å². The average Bonchev–Trinajstić information content (AvgIpc) is 3.07. The fourth-order valence-electron chi connectivity index (χ4n) is 2.41. The van der Waals surface area contributed by atoms with Crippen LogP contribution in [0.3, 0.4) is 0 Å². The van der Waals surface area contributed by atoms with Gasteiger partial charge in [-0.15, -0.1) is 13.2 Å². The molecule has 0 radical (unpaired) electrons. The molecule has 0 spiro atoms. The first-order chi connectivity index (χ1) is 11.9. The Morgan fingerprint density at radius 1 is 1.20 bits per heavy atom. The molecule has 0 aliphatic carbocycles. The topological polar surface area (TPSA) is 58.6 Å². The van der Waals surface area contributed by atoms with Crippen LogP contribution in [0.2, 0.25) is 0 Å². The number of halogens is 3. The van der Waals surface area contributed by atoms with Gasteiger partial charge in [-0.05, 0) is 65.4 Å². The largest absolute Gasteiger partial charge is 0.573 e. The molecule has 8 heteroatoms. The molecule has 2 rings (SSSR count). The summed E-state index contributed by atoms with van der Waals surface area (Å²) in [7, 11) is 0. The highest BCUT2D eigenvalue weighted by atomic mass is 32.1. The maximum Gasteiger partial charge on any atom is 0.573 e. The Morgan fingerprint density at radius 3 is 2.48 bits per heavy atom. The minimum absolute atomic E-state index is 0.0646. The standard InChI is InChI=1S/C17H18F3NO3S/c18-17(19,20)24-15-3-1-13(2-4-15)16(23)21-8-5-12(6-9-22)14-7-10-25-11-14/h1-4,7,10-12,22H,5-6,8-9H2,(H,21,23)/t12-/m1/s1. The molecule has 1 atom stereocenters. The number of ether oxygens (including phenoxy) is 1. The Kier molecular flexibility index (Phi) is 6.83. The third-order valence-corrected chi connectivity index (χ3v) is 4.32. The molecule has 0 aliphatic rings. The van der Waals surface area contributed by atoms with Gasteiger partial charge in [0.05, 0.1) is 0 Å². The van der Waals surface area contributed by atoms with Crippen molar-refractivity contribution in [1.82, 2.24) is 5.32 Å². The quantitative estimate of drug-likeness (QED) is 0.737. The van der Waals surface area contributed by atoms with Crippen LogP contribution >= 0.6 is 11.3 Å². The molecule has 0 unspecified atom stereocenters. The van der Waals surface area contributed by atoms with E-state index in [1.54, 1.807) is 11.3 Å². The highest BCUT2D eigenvalue weighted by Crippen LogP contribution is 2.25. The zero-order valence-corrected chi connectivity index (χ0v) is 14.1. The van der Waals surface area contributed by atoms with E-state index in [1.165, 1.54) is 12.1 Å². The Balaban J connectivity index is 1.85. The minimum Gasteiger partial charge on any atom is -0.406 e. The molecular formula is C17H18F3NO3S. The average molecular weight is 373 g/mol. The highest BCUT2D eigenvalue weighted by Gasteiger charge is 2.31. The van der Waals surface area contributed by atoms with Crippen molar-refractivity contribution in [2.75, 3.05) is 13.2 Å². The van der Waals surface area contributed by atoms with Crippen LogP contribution in [0.4, 0.5) is 13.2 Å². The summed E-state index contributed by atoms with van der Waals surface area (Å²) in [4.78, 5) is 12.0.